The Balaban J connectivity index is 1.61. The zero-order chi connectivity index (χ0) is 19.2. The van der Waals surface area contributed by atoms with E-state index in [4.69, 9.17) is 9.97 Å². The van der Waals surface area contributed by atoms with E-state index in [1.54, 1.807) is 11.3 Å². The minimum Gasteiger partial charge on any atom is -0.363 e. The Kier molecular flexibility index (Phi) is 4.26. The summed E-state index contributed by atoms with van der Waals surface area (Å²) in [6.45, 7) is 7.17. The molecule has 3 heterocycles. The third-order valence-electron chi connectivity index (χ3n) is 4.49. The van der Waals surface area contributed by atoms with Crippen LogP contribution in [0.2, 0.25) is 0 Å². The second-order valence-electron chi connectivity index (χ2n) is 7.92. The van der Waals surface area contributed by atoms with Gasteiger partial charge < -0.3 is 10.2 Å². The highest BCUT2D eigenvalue weighted by molar-refractivity contribution is 7.20. The summed E-state index contributed by atoms with van der Waals surface area (Å²) in [5, 5.41) is 10.1. The van der Waals surface area contributed by atoms with E-state index < -0.39 is 0 Å². The van der Waals surface area contributed by atoms with Gasteiger partial charge in [-0.05, 0) is 17.7 Å². The first-order chi connectivity index (χ1) is 12.8. The van der Waals surface area contributed by atoms with Gasteiger partial charge in [-0.15, -0.1) is 5.10 Å². The molecule has 0 spiro atoms. The lowest BCUT2D eigenvalue weighted by Gasteiger charge is -2.15. The van der Waals surface area contributed by atoms with E-state index in [1.165, 1.54) is 5.56 Å². The molecule has 3 aromatic heterocycles. The number of benzene rings is 1. The van der Waals surface area contributed by atoms with E-state index in [0.29, 0.717) is 6.54 Å². The molecule has 0 saturated carbocycles. The summed E-state index contributed by atoms with van der Waals surface area (Å²) < 4.78 is 1.86. The van der Waals surface area contributed by atoms with Crippen LogP contribution in [0.4, 0.5) is 10.9 Å². The van der Waals surface area contributed by atoms with Gasteiger partial charge in [-0.25, -0.2) is 14.5 Å². The van der Waals surface area contributed by atoms with Gasteiger partial charge in [0.25, 0.3) is 0 Å². The number of hydrogen-bond donors (Lipinski definition) is 1. The van der Waals surface area contributed by atoms with Gasteiger partial charge in [-0.2, -0.15) is 0 Å². The average molecular weight is 381 g/mol. The Hall–Kier alpha value is -2.67. The van der Waals surface area contributed by atoms with E-state index >= 15 is 0 Å². The molecule has 7 heteroatoms. The summed E-state index contributed by atoms with van der Waals surface area (Å²) in [6.07, 6.45) is 2.02. The molecule has 0 amide bonds. The summed E-state index contributed by atoms with van der Waals surface area (Å²) in [5.74, 6) is 0.953. The molecule has 0 aliphatic heterocycles. The number of rotatable bonds is 4. The van der Waals surface area contributed by atoms with Crippen molar-refractivity contribution < 1.29 is 0 Å². The highest BCUT2D eigenvalue weighted by Gasteiger charge is 2.19. The SMILES string of the molecule is CN(C)c1cc(CNc2nn3cc(C(C)(C)C)nc3s2)c2ccccc2n1. The fourth-order valence-corrected chi connectivity index (χ4v) is 3.69. The fourth-order valence-electron chi connectivity index (χ4n) is 2.91. The fraction of sp³-hybridized carbons (Fsp3) is 0.350. The number of anilines is 2. The zero-order valence-electron chi connectivity index (χ0n) is 16.3. The summed E-state index contributed by atoms with van der Waals surface area (Å²) in [5.41, 5.74) is 3.29. The predicted octanol–water partition coefficient (Wildman–Crippen LogP) is 4.31. The lowest BCUT2D eigenvalue weighted by molar-refractivity contribution is 0.572. The van der Waals surface area contributed by atoms with E-state index in [9.17, 15) is 0 Å². The van der Waals surface area contributed by atoms with Crippen LogP contribution >= 0.6 is 11.3 Å². The van der Waals surface area contributed by atoms with E-state index in [2.05, 4.69) is 49.4 Å². The Morgan fingerprint density at radius 3 is 2.63 bits per heavy atom. The minimum absolute atomic E-state index is 0.0273. The van der Waals surface area contributed by atoms with Crippen molar-refractivity contribution in [2.45, 2.75) is 32.7 Å². The van der Waals surface area contributed by atoms with Gasteiger partial charge in [0.15, 0.2) is 0 Å². The Morgan fingerprint density at radius 1 is 1.15 bits per heavy atom. The molecule has 0 saturated heterocycles. The van der Waals surface area contributed by atoms with E-state index in [-0.39, 0.29) is 5.41 Å². The molecule has 0 aliphatic rings. The summed E-state index contributed by atoms with van der Waals surface area (Å²) in [7, 11) is 4.02. The van der Waals surface area contributed by atoms with Gasteiger partial charge in [0.05, 0.1) is 17.4 Å². The highest BCUT2D eigenvalue weighted by Crippen LogP contribution is 2.27. The molecule has 0 fully saturated rings. The number of para-hydroxylation sites is 1. The number of hydrogen-bond acceptors (Lipinski definition) is 6. The van der Waals surface area contributed by atoms with E-state index in [1.807, 2.05) is 41.8 Å². The molecule has 27 heavy (non-hydrogen) atoms. The monoisotopic (exact) mass is 380 g/mol. The lowest BCUT2D eigenvalue weighted by atomic mass is 9.93. The maximum atomic E-state index is 4.72. The summed E-state index contributed by atoms with van der Waals surface area (Å²) >= 11 is 1.57. The van der Waals surface area contributed by atoms with E-state index in [0.717, 1.165) is 32.5 Å². The Morgan fingerprint density at radius 2 is 1.93 bits per heavy atom. The first-order valence-electron chi connectivity index (χ1n) is 8.98. The van der Waals surface area contributed by atoms with Crippen LogP contribution in [0.15, 0.2) is 36.5 Å². The van der Waals surface area contributed by atoms with Crippen LogP contribution in [0.5, 0.6) is 0 Å². The second kappa shape index (κ2) is 6.49. The zero-order valence-corrected chi connectivity index (χ0v) is 17.1. The second-order valence-corrected chi connectivity index (χ2v) is 8.87. The first-order valence-corrected chi connectivity index (χ1v) is 9.79. The van der Waals surface area contributed by atoms with Crippen molar-refractivity contribution in [2.24, 2.45) is 0 Å². The first kappa shape index (κ1) is 17.7. The third kappa shape index (κ3) is 3.47. The van der Waals surface area contributed by atoms with Crippen molar-refractivity contribution in [1.82, 2.24) is 19.6 Å². The molecule has 0 radical (unpaired) electrons. The topological polar surface area (TPSA) is 58.4 Å². The largest absolute Gasteiger partial charge is 0.363 e. The van der Waals surface area contributed by atoms with Crippen molar-refractivity contribution in [3.8, 4) is 0 Å². The van der Waals surface area contributed by atoms with Gasteiger partial charge in [0, 0.05) is 31.4 Å². The molecule has 0 bridgehead atoms. The molecule has 4 aromatic rings. The molecular formula is C20H24N6S. The Labute approximate surface area is 162 Å². The quantitative estimate of drug-likeness (QED) is 0.571. The van der Waals surface area contributed by atoms with Gasteiger partial charge in [0.1, 0.15) is 5.82 Å². The van der Waals surface area contributed by atoms with Crippen LogP contribution in [-0.4, -0.2) is 33.7 Å². The third-order valence-corrected chi connectivity index (χ3v) is 5.37. The van der Waals surface area contributed by atoms with Gasteiger partial charge in [-0.3, -0.25) is 0 Å². The molecule has 0 unspecified atom stereocenters. The Bertz CT molecular complexity index is 1070. The normalized spacial score (nSPS) is 12.0. The van der Waals surface area contributed by atoms with Crippen molar-refractivity contribution in [3.05, 3.63) is 47.8 Å². The standard InChI is InChI=1S/C20H24N6S/c1-20(2,3)16-12-26-19(23-16)27-18(24-26)21-11-13-10-17(25(4)5)22-15-9-7-6-8-14(13)15/h6-10,12H,11H2,1-5H3,(H,21,24). The van der Waals surface area contributed by atoms with Gasteiger partial charge in [-0.1, -0.05) is 50.3 Å². The molecule has 140 valence electrons. The molecule has 1 aromatic carbocycles. The lowest BCUT2D eigenvalue weighted by Crippen LogP contribution is -2.12. The summed E-state index contributed by atoms with van der Waals surface area (Å²) in [4.78, 5) is 12.4. The highest BCUT2D eigenvalue weighted by atomic mass is 32.1. The molecule has 6 nitrogen and oxygen atoms in total. The number of imidazole rings is 1. The maximum Gasteiger partial charge on any atom is 0.214 e. The molecular weight excluding hydrogens is 356 g/mol. The molecule has 4 rings (SSSR count). The molecule has 0 aliphatic carbocycles. The minimum atomic E-state index is 0.0273. The number of pyridine rings is 1. The number of nitrogens with one attached hydrogen (secondary N) is 1. The van der Waals surface area contributed by atoms with Gasteiger partial charge in [0.2, 0.25) is 10.1 Å². The number of nitrogens with zero attached hydrogens (tertiary/aromatic N) is 5. The summed E-state index contributed by atoms with van der Waals surface area (Å²) in [6, 6.07) is 10.4. The van der Waals surface area contributed by atoms with Crippen LogP contribution in [0.1, 0.15) is 32.0 Å². The molecule has 1 N–H and O–H groups in total. The van der Waals surface area contributed by atoms with Crippen LogP contribution in [0.3, 0.4) is 0 Å². The maximum absolute atomic E-state index is 4.72. The van der Waals surface area contributed by atoms with Crippen LogP contribution in [0, 0.1) is 0 Å². The van der Waals surface area contributed by atoms with Crippen molar-refractivity contribution in [2.75, 3.05) is 24.3 Å². The van der Waals surface area contributed by atoms with Crippen molar-refractivity contribution >= 4 is 38.2 Å². The van der Waals surface area contributed by atoms with Crippen molar-refractivity contribution in [1.29, 1.82) is 0 Å². The number of aromatic nitrogens is 4. The predicted molar refractivity (Wildman–Crippen MR) is 113 cm³/mol. The van der Waals surface area contributed by atoms with Crippen LogP contribution < -0.4 is 10.2 Å². The average Bonchev–Trinajstić information content (AvgIpc) is 3.17. The van der Waals surface area contributed by atoms with Gasteiger partial charge >= 0.3 is 0 Å². The van der Waals surface area contributed by atoms with Crippen LogP contribution in [-0.2, 0) is 12.0 Å². The van der Waals surface area contributed by atoms with Crippen LogP contribution in [0.25, 0.3) is 15.9 Å². The smallest absolute Gasteiger partial charge is 0.214 e. The van der Waals surface area contributed by atoms with Crippen molar-refractivity contribution in [3.63, 3.8) is 0 Å². The number of fused-ring (bicyclic) bond motifs is 2. The molecule has 0 atom stereocenters.